The minimum Gasteiger partial charge on any atom is -0.260 e. The second kappa shape index (κ2) is 5.45. The quantitative estimate of drug-likeness (QED) is 0.487. The van der Waals surface area contributed by atoms with Gasteiger partial charge in [0, 0.05) is 45.9 Å². The first-order valence-corrected chi connectivity index (χ1v) is 4.78. The van der Waals surface area contributed by atoms with Gasteiger partial charge < -0.3 is 0 Å². The fourth-order valence-corrected chi connectivity index (χ4v) is 0. The largest absolute Gasteiger partial charge is 0.441 e. The number of halogens is 4. The van der Waals surface area contributed by atoms with Crippen molar-refractivity contribution in [2.75, 3.05) is 12.5 Å². The predicted octanol–water partition coefficient (Wildman–Crippen LogP) is 1.94. The van der Waals surface area contributed by atoms with Crippen LogP contribution < -0.4 is 0 Å². The Labute approximate surface area is 67.6 Å². The molecule has 0 aromatic rings. The van der Waals surface area contributed by atoms with Gasteiger partial charge >= 0.3 is 4.18 Å². The van der Waals surface area contributed by atoms with Crippen molar-refractivity contribution in [2.24, 2.45) is 0 Å². The van der Waals surface area contributed by atoms with Gasteiger partial charge in [-0.05, 0) is 0 Å². The van der Waals surface area contributed by atoms with E-state index in [1.807, 2.05) is 0 Å². The van der Waals surface area contributed by atoms with Gasteiger partial charge in [0.15, 0.2) is 0 Å². The molecular weight excluding hydrogens is 268 g/mol. The molecule has 0 aliphatic carbocycles. The summed E-state index contributed by atoms with van der Waals surface area (Å²) in [4.78, 5) is 0. The van der Waals surface area contributed by atoms with E-state index < -0.39 is 15.0 Å². The Bertz CT molecular complexity index is 81.5. The van der Waals surface area contributed by atoms with Crippen LogP contribution in [0.4, 0.5) is 13.2 Å². The van der Waals surface area contributed by atoms with Gasteiger partial charge in [0.1, 0.15) is 0 Å². The molecule has 0 amide bonds. The highest BCUT2D eigenvalue weighted by Crippen LogP contribution is 2.22. The average molecular weight is 274 g/mol. The highest BCUT2D eigenvalue weighted by Gasteiger charge is 2.19. The topological polar surface area (TPSA) is 17.1 Å². The van der Waals surface area contributed by atoms with Crippen molar-refractivity contribution >= 4 is 33.4 Å². The van der Waals surface area contributed by atoms with Crippen molar-refractivity contribution in [3.63, 3.8) is 0 Å². The Morgan fingerprint density at radius 3 is 1.33 bits per heavy atom. The lowest BCUT2D eigenvalue weighted by atomic mass is 11.6. The minimum atomic E-state index is -4.03. The van der Waals surface area contributed by atoms with E-state index in [4.69, 9.17) is 0 Å². The Balaban J connectivity index is 0. The minimum absolute atomic E-state index is 0.378. The van der Waals surface area contributed by atoms with Crippen molar-refractivity contribution < 1.29 is 17.4 Å². The van der Waals surface area contributed by atoms with Crippen molar-refractivity contribution in [1.82, 2.24) is 0 Å². The summed E-state index contributed by atoms with van der Waals surface area (Å²) < 4.78 is 36.5. The molecule has 0 aliphatic rings. The van der Waals surface area contributed by atoms with Crippen molar-refractivity contribution in [2.45, 2.75) is 4.18 Å². The fraction of sp³-hybridized carbons (Fsp3) is 1.00. The first-order chi connectivity index (χ1) is 3.73. The smallest absolute Gasteiger partial charge is 0.260 e. The fourth-order valence-electron chi connectivity index (χ4n) is 0. The molecule has 0 saturated carbocycles. The normalized spacial score (nSPS) is 10.6. The zero-order valence-electron chi connectivity index (χ0n) is 4.83. The molecule has 0 radical (unpaired) electrons. The maximum atomic E-state index is 10.3. The van der Waals surface area contributed by atoms with Crippen LogP contribution in [0.15, 0.2) is 0 Å². The van der Waals surface area contributed by atoms with E-state index in [-0.39, 0.29) is 0 Å². The molecule has 0 unspecified atom stereocenters. The van der Waals surface area contributed by atoms with Gasteiger partial charge in [0.25, 0.3) is 0 Å². The van der Waals surface area contributed by atoms with Crippen LogP contribution in [-0.2, 0) is 10.8 Å². The van der Waals surface area contributed by atoms with Gasteiger partial charge in [0.05, 0.1) is 0 Å². The Morgan fingerprint density at radius 2 is 1.33 bits per heavy atom. The molecule has 58 valence electrons. The molecule has 0 saturated heterocycles. The van der Waals surface area contributed by atoms with E-state index in [2.05, 4.69) is 0 Å². The monoisotopic (exact) mass is 274 g/mol. The van der Waals surface area contributed by atoms with E-state index in [9.17, 15) is 17.4 Å². The summed E-state index contributed by atoms with van der Waals surface area (Å²) >= 11 is 0.378. The molecule has 6 heteroatoms. The van der Waals surface area contributed by atoms with Gasteiger partial charge in [-0.15, -0.1) is 0 Å². The maximum absolute atomic E-state index is 10.3. The summed E-state index contributed by atoms with van der Waals surface area (Å²) in [6, 6.07) is 0. The van der Waals surface area contributed by atoms with Crippen LogP contribution >= 0.6 is 22.6 Å². The summed E-state index contributed by atoms with van der Waals surface area (Å²) in [7, 11) is -0.611. The van der Waals surface area contributed by atoms with Crippen LogP contribution in [-0.4, -0.2) is 20.9 Å². The molecule has 0 aromatic heterocycles. The molecule has 0 spiro atoms. The van der Waals surface area contributed by atoms with Gasteiger partial charge in [-0.2, -0.15) is 13.2 Å². The highest BCUT2D eigenvalue weighted by molar-refractivity contribution is 14.1. The molecule has 0 aliphatic heterocycles. The predicted molar refractivity (Wildman–Crippen MR) is 40.1 cm³/mol. The molecule has 0 rings (SSSR count). The summed E-state index contributed by atoms with van der Waals surface area (Å²) in [5.41, 5.74) is 0. The van der Waals surface area contributed by atoms with E-state index >= 15 is 0 Å². The third-order valence-electron chi connectivity index (χ3n) is 0. The van der Waals surface area contributed by atoms with Gasteiger partial charge in [-0.25, -0.2) is 0 Å². The molecule has 0 N–H and O–H groups in total. The molecule has 9 heavy (non-hydrogen) atoms. The lowest BCUT2D eigenvalue weighted by molar-refractivity contribution is -0.0125. The second-order valence-electron chi connectivity index (χ2n) is 1.17. The van der Waals surface area contributed by atoms with E-state index in [0.717, 1.165) is 0 Å². The van der Waals surface area contributed by atoms with Gasteiger partial charge in [-0.3, -0.25) is 4.21 Å². The van der Waals surface area contributed by atoms with E-state index in [0.29, 0.717) is 22.6 Å². The van der Waals surface area contributed by atoms with E-state index in [1.54, 1.807) is 12.5 Å². The number of rotatable bonds is 0. The number of hydrogen-bond acceptors (Lipinski definition) is 1. The van der Waals surface area contributed by atoms with Crippen LogP contribution in [0.25, 0.3) is 0 Å². The van der Waals surface area contributed by atoms with Gasteiger partial charge in [0.2, 0.25) is 0 Å². The molecule has 0 aromatic carbocycles. The zero-order chi connectivity index (χ0) is 8.08. The second-order valence-corrected chi connectivity index (χ2v) is 3.88. The van der Waals surface area contributed by atoms with Crippen LogP contribution in [0, 0.1) is 0 Å². The molecule has 1 nitrogen and oxygen atoms in total. The van der Waals surface area contributed by atoms with Crippen LogP contribution in [0.5, 0.6) is 0 Å². The maximum Gasteiger partial charge on any atom is 0.441 e. The third kappa shape index (κ3) is 859. The van der Waals surface area contributed by atoms with Gasteiger partial charge in [-0.1, -0.05) is 0 Å². The highest BCUT2D eigenvalue weighted by atomic mass is 127. The summed E-state index contributed by atoms with van der Waals surface area (Å²) in [6.45, 7) is 0. The molecule has 0 heterocycles. The molecular formula is C3H6F3IOS. The summed E-state index contributed by atoms with van der Waals surface area (Å²) in [5, 5.41) is 0. The Kier molecular flexibility index (Phi) is 7.49. The van der Waals surface area contributed by atoms with Crippen LogP contribution in [0.2, 0.25) is 0 Å². The molecule has 0 atom stereocenters. The average Bonchev–Trinajstić information content (AvgIpc) is 1.19. The summed E-state index contributed by atoms with van der Waals surface area (Å²) in [5.74, 6) is 0. The lowest BCUT2D eigenvalue weighted by Gasteiger charge is -1.85. The summed E-state index contributed by atoms with van der Waals surface area (Å²) in [6.07, 6.45) is 3.28. The van der Waals surface area contributed by atoms with Crippen molar-refractivity contribution in [1.29, 1.82) is 0 Å². The van der Waals surface area contributed by atoms with E-state index in [1.165, 1.54) is 0 Å². The first-order valence-electron chi connectivity index (χ1n) is 1.74. The first kappa shape index (κ1) is 12.4. The zero-order valence-corrected chi connectivity index (χ0v) is 7.80. The van der Waals surface area contributed by atoms with Crippen LogP contribution in [0.1, 0.15) is 0 Å². The lowest BCUT2D eigenvalue weighted by Crippen LogP contribution is -1.87. The third-order valence-corrected chi connectivity index (χ3v) is 0. The number of alkyl halides is 4. The standard InChI is InChI=1S/C2H6OS.CF3I/c1-4(2)3;2-1(3,4)5/h1-2H3;. The van der Waals surface area contributed by atoms with Crippen LogP contribution in [0.3, 0.4) is 0 Å². The SMILES string of the molecule is CS(C)=O.FC(F)(F)I. The molecule has 0 fully saturated rings. The number of hydrogen-bond donors (Lipinski definition) is 0. The molecule has 0 bridgehead atoms. The van der Waals surface area contributed by atoms with Crippen molar-refractivity contribution in [3.05, 3.63) is 0 Å². The Morgan fingerprint density at radius 1 is 1.33 bits per heavy atom. The Hall–Kier alpha value is 0.670. The van der Waals surface area contributed by atoms with Crippen molar-refractivity contribution in [3.8, 4) is 0 Å².